The molecule has 2 aliphatic rings. The normalized spacial score (nSPS) is 23.0. The van der Waals surface area contributed by atoms with Gasteiger partial charge >= 0.3 is 0 Å². The highest BCUT2D eigenvalue weighted by atomic mass is 79.9. The van der Waals surface area contributed by atoms with Crippen LogP contribution in [0.25, 0.3) is 0 Å². The van der Waals surface area contributed by atoms with E-state index in [9.17, 15) is 12.8 Å². The summed E-state index contributed by atoms with van der Waals surface area (Å²) in [6.07, 6.45) is 0. The summed E-state index contributed by atoms with van der Waals surface area (Å²) in [6, 6.07) is 10.7. The number of benzene rings is 2. The van der Waals surface area contributed by atoms with Crippen LogP contribution in [0.15, 0.2) is 45.9 Å². The van der Waals surface area contributed by atoms with Gasteiger partial charge in [-0.25, -0.2) is 12.8 Å². The van der Waals surface area contributed by atoms with Crippen molar-refractivity contribution in [1.29, 1.82) is 0 Å². The van der Waals surface area contributed by atoms with Gasteiger partial charge in [0.25, 0.3) is 0 Å². The van der Waals surface area contributed by atoms with E-state index in [0.717, 1.165) is 22.0 Å². The second kappa shape index (κ2) is 7.46. The number of sulfone groups is 1. The van der Waals surface area contributed by atoms with Crippen molar-refractivity contribution in [1.82, 2.24) is 0 Å². The quantitative estimate of drug-likeness (QED) is 0.646. The van der Waals surface area contributed by atoms with Crippen LogP contribution >= 0.6 is 27.7 Å². The number of aliphatic imine (C=N–C) groups is 1. The fourth-order valence-electron chi connectivity index (χ4n) is 3.67. The van der Waals surface area contributed by atoms with Crippen LogP contribution in [0.4, 0.5) is 10.1 Å². The van der Waals surface area contributed by atoms with Gasteiger partial charge in [0.1, 0.15) is 5.82 Å². The molecule has 2 aromatic rings. The first-order valence-electron chi connectivity index (χ1n) is 8.95. The molecule has 0 N–H and O–H groups in total. The van der Waals surface area contributed by atoms with Gasteiger partial charge in [-0.05, 0) is 48.7 Å². The van der Waals surface area contributed by atoms with Crippen LogP contribution in [0.5, 0.6) is 0 Å². The number of fused-ring (bicyclic) bond motifs is 1. The van der Waals surface area contributed by atoms with Gasteiger partial charge in [0.2, 0.25) is 0 Å². The van der Waals surface area contributed by atoms with Gasteiger partial charge in [-0.15, -0.1) is 0 Å². The Kier molecular flexibility index (Phi) is 5.31. The number of halogens is 2. The fraction of sp³-hybridized carbons (Fsp3) is 0.350. The van der Waals surface area contributed by atoms with Crippen molar-refractivity contribution in [3.63, 3.8) is 0 Å². The molecular weight excluding hydrogens is 463 g/mol. The summed E-state index contributed by atoms with van der Waals surface area (Å²) >= 11 is 4.73. The monoisotopic (exact) mass is 482 g/mol. The Bertz CT molecular complexity index is 1070. The third-order valence-electron chi connectivity index (χ3n) is 5.10. The third kappa shape index (κ3) is 3.86. The molecule has 4 nitrogen and oxygen atoms in total. The number of hydrogen-bond donors (Lipinski definition) is 0. The molecule has 0 aliphatic carbocycles. The lowest BCUT2D eigenvalue weighted by Crippen LogP contribution is -2.39. The first-order valence-corrected chi connectivity index (χ1v) is 12.5. The molecule has 1 saturated heterocycles. The number of nitrogens with zero attached hydrogens (tertiary/aromatic N) is 2. The highest BCUT2D eigenvalue weighted by Gasteiger charge is 2.47. The van der Waals surface area contributed by atoms with Crippen LogP contribution in [0, 0.1) is 19.7 Å². The smallest absolute Gasteiger partial charge is 0.164 e. The molecule has 148 valence electrons. The van der Waals surface area contributed by atoms with Gasteiger partial charge in [-0.2, -0.15) is 0 Å². The van der Waals surface area contributed by atoms with Crippen molar-refractivity contribution < 1.29 is 12.8 Å². The zero-order valence-electron chi connectivity index (χ0n) is 15.5. The second-order valence-electron chi connectivity index (χ2n) is 7.31. The summed E-state index contributed by atoms with van der Waals surface area (Å²) < 4.78 is 39.3. The molecule has 0 radical (unpaired) electrons. The molecule has 2 aliphatic heterocycles. The number of thioether (sulfide) groups is 1. The molecule has 0 bridgehead atoms. The molecule has 8 heteroatoms. The van der Waals surface area contributed by atoms with Crippen LogP contribution < -0.4 is 4.90 Å². The molecule has 0 saturated carbocycles. The minimum atomic E-state index is -3.09. The van der Waals surface area contributed by atoms with Crippen LogP contribution in [-0.2, 0) is 15.6 Å². The molecule has 0 unspecified atom stereocenters. The van der Waals surface area contributed by atoms with Gasteiger partial charge in [0.05, 0.1) is 23.6 Å². The largest absolute Gasteiger partial charge is 0.315 e. The van der Waals surface area contributed by atoms with Gasteiger partial charge in [-0.3, -0.25) is 4.99 Å². The summed E-state index contributed by atoms with van der Waals surface area (Å²) in [7, 11) is -3.09. The van der Waals surface area contributed by atoms with Crippen molar-refractivity contribution in [2.45, 2.75) is 31.7 Å². The molecule has 28 heavy (non-hydrogen) atoms. The Labute approximate surface area is 177 Å². The lowest BCUT2D eigenvalue weighted by molar-refractivity contribution is 0.601. The van der Waals surface area contributed by atoms with Gasteiger partial charge in [0, 0.05) is 15.9 Å². The van der Waals surface area contributed by atoms with Crippen molar-refractivity contribution >= 4 is 48.4 Å². The van der Waals surface area contributed by atoms with Gasteiger partial charge in [-0.1, -0.05) is 45.9 Å². The average Bonchev–Trinajstić information content (AvgIpc) is 3.07. The Balaban J connectivity index is 1.66. The first kappa shape index (κ1) is 19.9. The predicted molar refractivity (Wildman–Crippen MR) is 117 cm³/mol. The lowest BCUT2D eigenvalue weighted by atomic mass is 10.1. The van der Waals surface area contributed by atoms with Crippen LogP contribution in [-0.4, -0.2) is 37.2 Å². The van der Waals surface area contributed by atoms with Crippen LogP contribution in [0.2, 0.25) is 0 Å². The number of aryl methyl sites for hydroxylation is 2. The van der Waals surface area contributed by atoms with Crippen molar-refractivity contribution in [2.75, 3.05) is 16.4 Å². The van der Waals surface area contributed by atoms with Crippen molar-refractivity contribution in [3.8, 4) is 0 Å². The summed E-state index contributed by atoms with van der Waals surface area (Å²) in [5, 5.41) is 0.765. The second-order valence-corrected chi connectivity index (χ2v) is 11.3. The highest BCUT2D eigenvalue weighted by Crippen LogP contribution is 2.37. The van der Waals surface area contributed by atoms with E-state index in [1.807, 2.05) is 32.0 Å². The van der Waals surface area contributed by atoms with Crippen LogP contribution in [0.1, 0.15) is 16.7 Å². The Hall–Kier alpha value is -1.38. The standard InChI is InChI=1S/C20H20BrFN2O2S2/c1-12-3-4-13(2)18(7-12)24-19-11-28(25,26)10-17(19)23-20(24)27-9-14-5-6-15(21)8-16(14)22/h3-8,17,19H,9-11H2,1-2H3/t17-,19+/m1/s1. The van der Waals surface area contributed by atoms with E-state index in [1.165, 1.54) is 17.8 Å². The zero-order valence-corrected chi connectivity index (χ0v) is 18.7. The minimum Gasteiger partial charge on any atom is -0.315 e. The molecule has 2 aromatic carbocycles. The summed E-state index contributed by atoms with van der Waals surface area (Å²) in [4.78, 5) is 6.79. The molecule has 0 amide bonds. The predicted octanol–water partition coefficient (Wildman–Crippen LogP) is 4.48. The summed E-state index contributed by atoms with van der Waals surface area (Å²) in [5.74, 6) is 0.355. The maximum absolute atomic E-state index is 14.2. The Morgan fingerprint density at radius 1 is 1.21 bits per heavy atom. The van der Waals surface area contributed by atoms with Crippen LogP contribution in [0.3, 0.4) is 0 Å². The lowest BCUT2D eigenvalue weighted by Gasteiger charge is -2.28. The first-order chi connectivity index (χ1) is 13.2. The summed E-state index contributed by atoms with van der Waals surface area (Å²) in [6.45, 7) is 4.03. The SMILES string of the molecule is Cc1ccc(C)c(N2C(SCc3ccc(Br)cc3F)=N[C@@H]3CS(=O)(=O)C[C@@H]32)c1. The number of anilines is 1. The number of rotatable bonds is 3. The van der Waals surface area contributed by atoms with E-state index in [1.54, 1.807) is 6.07 Å². The maximum atomic E-state index is 14.2. The molecule has 2 heterocycles. The zero-order chi connectivity index (χ0) is 20.1. The number of hydrogen-bond acceptors (Lipinski definition) is 5. The number of amidine groups is 1. The average molecular weight is 483 g/mol. The molecule has 0 spiro atoms. The molecule has 2 atom stereocenters. The van der Waals surface area contributed by atoms with E-state index >= 15 is 0 Å². The molecule has 4 rings (SSSR count). The summed E-state index contributed by atoms with van der Waals surface area (Å²) in [5.41, 5.74) is 3.75. The third-order valence-corrected chi connectivity index (χ3v) is 8.31. The van der Waals surface area contributed by atoms with E-state index < -0.39 is 9.84 Å². The van der Waals surface area contributed by atoms with E-state index in [4.69, 9.17) is 4.99 Å². The molecule has 0 aromatic heterocycles. The maximum Gasteiger partial charge on any atom is 0.164 e. The Morgan fingerprint density at radius 2 is 2.00 bits per heavy atom. The van der Waals surface area contributed by atoms with E-state index in [2.05, 4.69) is 26.9 Å². The van der Waals surface area contributed by atoms with Crippen molar-refractivity contribution in [3.05, 3.63) is 63.4 Å². The van der Waals surface area contributed by atoms with E-state index in [0.29, 0.717) is 15.8 Å². The van der Waals surface area contributed by atoms with E-state index in [-0.39, 0.29) is 29.4 Å². The van der Waals surface area contributed by atoms with Crippen molar-refractivity contribution in [2.24, 2.45) is 4.99 Å². The minimum absolute atomic E-state index is 0.0791. The van der Waals surface area contributed by atoms with Gasteiger partial charge < -0.3 is 4.90 Å². The van der Waals surface area contributed by atoms with Gasteiger partial charge in [0.15, 0.2) is 15.0 Å². The Morgan fingerprint density at radius 3 is 2.75 bits per heavy atom. The highest BCUT2D eigenvalue weighted by molar-refractivity contribution is 9.10. The fourth-order valence-corrected chi connectivity index (χ4v) is 6.95. The topological polar surface area (TPSA) is 49.7 Å². The molecular formula is C20H20BrFN2O2S2. The molecule has 1 fully saturated rings.